The molecule has 0 saturated heterocycles. The molecule has 0 heterocycles. The number of carbonyl (C=O) groups excluding carboxylic acids is 1. The third kappa shape index (κ3) is 11.2. The van der Waals surface area contributed by atoms with Gasteiger partial charge in [-0.25, -0.2) is 0 Å². The highest BCUT2D eigenvalue weighted by Crippen LogP contribution is 2.43. The van der Waals surface area contributed by atoms with Gasteiger partial charge in [-0.05, 0) is 89.1 Å². The summed E-state index contributed by atoms with van der Waals surface area (Å²) in [5.41, 5.74) is 4.08. The molecule has 0 bridgehead atoms. The van der Waals surface area contributed by atoms with E-state index in [2.05, 4.69) is 43.4 Å². The van der Waals surface area contributed by atoms with Crippen LogP contribution in [0.25, 0.3) is 11.1 Å². The Kier molecular flexibility index (Phi) is 12.2. The average Bonchev–Trinajstić information content (AvgIpc) is 3.00. The Labute approximate surface area is 272 Å². The summed E-state index contributed by atoms with van der Waals surface area (Å²) in [6.45, 7) is 11.1. The minimum absolute atomic E-state index is 0.0751. The summed E-state index contributed by atoms with van der Waals surface area (Å²) in [6, 6.07) is 30.4. The third-order valence-corrected chi connectivity index (χ3v) is 7.09. The van der Waals surface area contributed by atoms with Gasteiger partial charge in [-0.1, -0.05) is 106 Å². The van der Waals surface area contributed by atoms with E-state index >= 15 is 0 Å². The molecule has 246 valence electrons. The fourth-order valence-electron chi connectivity index (χ4n) is 4.44. The molecule has 47 heavy (non-hydrogen) atoms. The van der Waals surface area contributed by atoms with Crippen LogP contribution in [0.2, 0.25) is 0 Å². The summed E-state index contributed by atoms with van der Waals surface area (Å²) >= 11 is 0. The van der Waals surface area contributed by atoms with Gasteiger partial charge in [0.05, 0.1) is 11.1 Å². The zero-order valence-corrected chi connectivity index (χ0v) is 27.1. The highest BCUT2D eigenvalue weighted by atomic mass is 19.4. The standard InChI is InChI=1S/C16H12F6.C15H15NO.C8H10/c1-9-3-5-11(13(7-9)15(17,18)19)12-6-4-10(2)8-14(12)16(20,21)22;1-11-3-7-13(8-4-11)15(17)16-14-9-5-12(2)6-10-14;1-7-3-5-8(2)6-4-7/h3-8H,1-2H3;3-10H,1-2H3,(H,16,17);3-6H,1-2H3. The molecule has 0 aliphatic carbocycles. The first-order valence-corrected chi connectivity index (χ1v) is 14.8. The Morgan fingerprint density at radius 1 is 0.447 bits per heavy atom. The van der Waals surface area contributed by atoms with Gasteiger partial charge in [0.1, 0.15) is 0 Å². The first kappa shape index (κ1) is 36.6. The van der Waals surface area contributed by atoms with E-state index in [9.17, 15) is 31.1 Å². The number of aryl methyl sites for hydroxylation is 6. The van der Waals surface area contributed by atoms with Gasteiger partial charge in [0, 0.05) is 11.3 Å². The molecular weight excluding hydrogens is 612 g/mol. The molecule has 0 fully saturated rings. The number of carbonyl (C=O) groups is 1. The molecule has 0 atom stereocenters. The predicted molar refractivity (Wildman–Crippen MR) is 178 cm³/mol. The monoisotopic (exact) mass is 649 g/mol. The van der Waals surface area contributed by atoms with Crippen LogP contribution < -0.4 is 5.32 Å². The second-order valence-corrected chi connectivity index (χ2v) is 11.4. The fourth-order valence-corrected chi connectivity index (χ4v) is 4.44. The second kappa shape index (κ2) is 15.6. The van der Waals surface area contributed by atoms with E-state index in [4.69, 9.17) is 0 Å². The largest absolute Gasteiger partial charge is 0.417 e. The smallest absolute Gasteiger partial charge is 0.322 e. The third-order valence-electron chi connectivity index (χ3n) is 7.09. The van der Waals surface area contributed by atoms with Crippen molar-refractivity contribution in [2.75, 3.05) is 5.32 Å². The number of hydrogen-bond donors (Lipinski definition) is 1. The summed E-state index contributed by atoms with van der Waals surface area (Å²) in [5.74, 6) is -0.0751. The van der Waals surface area contributed by atoms with Crippen molar-refractivity contribution in [3.8, 4) is 11.1 Å². The van der Waals surface area contributed by atoms with Crippen LogP contribution in [0.3, 0.4) is 0 Å². The highest BCUT2D eigenvalue weighted by Gasteiger charge is 2.38. The van der Waals surface area contributed by atoms with Gasteiger partial charge in [0.2, 0.25) is 0 Å². The topological polar surface area (TPSA) is 29.1 Å². The lowest BCUT2D eigenvalue weighted by atomic mass is 9.92. The number of halogens is 6. The molecule has 5 aromatic carbocycles. The fraction of sp³-hybridized carbons (Fsp3) is 0.205. The summed E-state index contributed by atoms with van der Waals surface area (Å²) in [5, 5.41) is 2.87. The van der Waals surface area contributed by atoms with Crippen molar-refractivity contribution in [1.82, 2.24) is 0 Å². The Bertz CT molecular complexity index is 1690. The molecule has 5 aromatic rings. The molecule has 0 aliphatic rings. The zero-order chi connectivity index (χ0) is 34.9. The number of benzene rings is 5. The van der Waals surface area contributed by atoms with Crippen LogP contribution >= 0.6 is 0 Å². The number of hydrogen-bond acceptors (Lipinski definition) is 1. The van der Waals surface area contributed by atoms with Crippen LogP contribution in [0.4, 0.5) is 32.0 Å². The summed E-state index contributed by atoms with van der Waals surface area (Å²) in [7, 11) is 0. The molecule has 5 rings (SSSR count). The van der Waals surface area contributed by atoms with Crippen LogP contribution in [0.5, 0.6) is 0 Å². The summed E-state index contributed by atoms with van der Waals surface area (Å²) < 4.78 is 78.8. The normalized spacial score (nSPS) is 11.1. The van der Waals surface area contributed by atoms with E-state index in [0.717, 1.165) is 35.5 Å². The molecule has 0 aliphatic heterocycles. The van der Waals surface area contributed by atoms with E-state index in [-0.39, 0.29) is 5.91 Å². The van der Waals surface area contributed by atoms with E-state index in [1.807, 2.05) is 62.4 Å². The maximum Gasteiger partial charge on any atom is 0.417 e. The number of amides is 1. The first-order chi connectivity index (χ1) is 21.9. The minimum atomic E-state index is -4.73. The van der Waals surface area contributed by atoms with Gasteiger partial charge >= 0.3 is 12.4 Å². The molecule has 0 aromatic heterocycles. The number of anilines is 1. The van der Waals surface area contributed by atoms with Crippen molar-refractivity contribution in [1.29, 1.82) is 0 Å². The van der Waals surface area contributed by atoms with Gasteiger partial charge in [0.15, 0.2) is 0 Å². The molecule has 1 N–H and O–H groups in total. The summed E-state index contributed by atoms with van der Waals surface area (Å²) in [6.07, 6.45) is -9.45. The molecule has 2 nitrogen and oxygen atoms in total. The molecular formula is C39H37F6NO. The van der Waals surface area contributed by atoms with E-state index in [1.165, 1.54) is 42.7 Å². The van der Waals surface area contributed by atoms with Crippen LogP contribution in [0.1, 0.15) is 54.9 Å². The molecule has 8 heteroatoms. The molecule has 1 amide bonds. The lowest BCUT2D eigenvalue weighted by Gasteiger charge is -2.18. The average molecular weight is 650 g/mol. The van der Waals surface area contributed by atoms with Crippen LogP contribution in [0, 0.1) is 41.5 Å². The van der Waals surface area contributed by atoms with Crippen molar-refractivity contribution in [2.45, 2.75) is 53.9 Å². The van der Waals surface area contributed by atoms with Crippen molar-refractivity contribution in [2.24, 2.45) is 0 Å². The Morgan fingerprint density at radius 3 is 1.09 bits per heavy atom. The van der Waals surface area contributed by atoms with Crippen LogP contribution in [0.15, 0.2) is 109 Å². The van der Waals surface area contributed by atoms with Crippen molar-refractivity contribution in [3.05, 3.63) is 159 Å². The van der Waals surface area contributed by atoms with Gasteiger partial charge in [-0.15, -0.1) is 0 Å². The van der Waals surface area contributed by atoms with E-state index < -0.39 is 34.6 Å². The number of alkyl halides is 6. The lowest BCUT2D eigenvalue weighted by Crippen LogP contribution is -2.11. The quantitative estimate of drug-likeness (QED) is 0.194. The van der Waals surface area contributed by atoms with Crippen molar-refractivity contribution >= 4 is 11.6 Å². The second-order valence-electron chi connectivity index (χ2n) is 11.4. The minimum Gasteiger partial charge on any atom is -0.322 e. The van der Waals surface area contributed by atoms with Crippen LogP contribution in [-0.2, 0) is 12.4 Å². The van der Waals surface area contributed by atoms with E-state index in [1.54, 1.807) is 0 Å². The van der Waals surface area contributed by atoms with Crippen molar-refractivity contribution in [3.63, 3.8) is 0 Å². The van der Waals surface area contributed by atoms with Gasteiger partial charge in [0.25, 0.3) is 5.91 Å². The van der Waals surface area contributed by atoms with Gasteiger partial charge < -0.3 is 5.32 Å². The van der Waals surface area contributed by atoms with Gasteiger partial charge in [-0.2, -0.15) is 26.3 Å². The first-order valence-electron chi connectivity index (χ1n) is 14.8. The van der Waals surface area contributed by atoms with E-state index in [0.29, 0.717) is 16.7 Å². The maximum absolute atomic E-state index is 13.1. The Hall–Kier alpha value is -4.85. The SMILES string of the molecule is Cc1ccc(-c2ccc(C)cc2C(F)(F)F)c(C(F)(F)F)c1.Cc1ccc(C)cc1.Cc1ccc(NC(=O)c2ccc(C)cc2)cc1. The predicted octanol–water partition coefficient (Wildman–Crippen LogP) is 11.9. The molecule has 0 spiro atoms. The van der Waals surface area contributed by atoms with Crippen molar-refractivity contribution < 1.29 is 31.1 Å². The Morgan fingerprint density at radius 2 is 0.745 bits per heavy atom. The molecule has 0 radical (unpaired) electrons. The van der Waals surface area contributed by atoms with Gasteiger partial charge in [-0.3, -0.25) is 4.79 Å². The molecule has 0 unspecified atom stereocenters. The maximum atomic E-state index is 13.1. The van der Waals surface area contributed by atoms with Crippen LogP contribution in [-0.4, -0.2) is 5.91 Å². The number of rotatable bonds is 3. The molecule has 0 saturated carbocycles. The highest BCUT2D eigenvalue weighted by molar-refractivity contribution is 6.04. The summed E-state index contributed by atoms with van der Waals surface area (Å²) in [4.78, 5) is 11.9. The number of nitrogens with one attached hydrogen (secondary N) is 1. The lowest BCUT2D eigenvalue weighted by molar-refractivity contribution is -0.139. The Balaban J connectivity index is 0.000000211. The zero-order valence-electron chi connectivity index (χ0n) is 27.1.